The van der Waals surface area contributed by atoms with Gasteiger partial charge in [0.25, 0.3) is 0 Å². The summed E-state index contributed by atoms with van der Waals surface area (Å²) >= 11 is 0. The van der Waals surface area contributed by atoms with Crippen LogP contribution in [-0.2, 0) is 14.3 Å². The summed E-state index contributed by atoms with van der Waals surface area (Å²) in [7, 11) is 0. The van der Waals surface area contributed by atoms with Crippen LogP contribution < -0.4 is 4.90 Å². The minimum Gasteiger partial charge on any atom is -0.466 e. The Labute approximate surface area is 190 Å². The average molecular weight is 439 g/mol. The zero-order valence-electron chi connectivity index (χ0n) is 19.9. The Morgan fingerprint density at radius 3 is 2.25 bits per heavy atom. The van der Waals surface area contributed by atoms with Crippen molar-refractivity contribution in [3.05, 3.63) is 41.1 Å². The van der Waals surface area contributed by atoms with Gasteiger partial charge in [-0.2, -0.15) is 0 Å². The van der Waals surface area contributed by atoms with E-state index in [0.29, 0.717) is 38.7 Å². The molecule has 1 aliphatic heterocycles. The smallest absolute Gasteiger partial charge is 0.306 e. The van der Waals surface area contributed by atoms with Crippen LogP contribution in [0.1, 0.15) is 56.4 Å². The second-order valence-electron chi connectivity index (χ2n) is 8.56. The number of aromatic nitrogens is 2. The fourth-order valence-corrected chi connectivity index (χ4v) is 4.08. The fourth-order valence-electron chi connectivity index (χ4n) is 4.08. The van der Waals surface area contributed by atoms with Crippen LogP contribution in [0.15, 0.2) is 24.3 Å². The second-order valence-corrected chi connectivity index (χ2v) is 8.56. The third kappa shape index (κ3) is 5.64. The molecule has 2 aromatic rings. The van der Waals surface area contributed by atoms with Gasteiger partial charge in [-0.25, -0.2) is 9.97 Å². The third-order valence-corrected chi connectivity index (χ3v) is 5.78. The molecule has 1 aromatic carbocycles. The van der Waals surface area contributed by atoms with Crippen LogP contribution >= 0.6 is 0 Å². The van der Waals surface area contributed by atoms with Crippen molar-refractivity contribution in [2.24, 2.45) is 0 Å². The molecular weight excluding hydrogens is 404 g/mol. The number of esters is 1. The van der Waals surface area contributed by atoms with Crippen molar-refractivity contribution in [2.45, 2.75) is 53.4 Å². The van der Waals surface area contributed by atoms with Gasteiger partial charge in [-0.15, -0.1) is 0 Å². The Kier molecular flexibility index (Phi) is 7.83. The standard InChI is InChI=1S/C25H34N4O3/c1-6-32-22(31)12-11-21(30)28-13-15-29(16-14-28)25-23(17(2)3)19(5)26-24(27-25)20-9-7-18(4)8-10-20/h7-10,17H,6,11-16H2,1-5H3. The SMILES string of the molecule is CCOC(=O)CCC(=O)N1CCN(c2nc(-c3ccc(C)cc3)nc(C)c2C(C)C)CC1. The van der Waals surface area contributed by atoms with E-state index in [1.54, 1.807) is 6.92 Å². The number of piperazine rings is 1. The zero-order chi connectivity index (χ0) is 23.3. The first kappa shape index (κ1) is 23.7. The van der Waals surface area contributed by atoms with Gasteiger partial charge >= 0.3 is 5.97 Å². The number of carbonyl (C=O) groups excluding carboxylic acids is 2. The molecule has 0 unspecified atom stereocenters. The van der Waals surface area contributed by atoms with E-state index in [1.807, 2.05) is 11.8 Å². The van der Waals surface area contributed by atoms with E-state index >= 15 is 0 Å². The molecule has 1 fully saturated rings. The molecule has 3 rings (SSSR count). The average Bonchev–Trinajstić information content (AvgIpc) is 2.77. The maximum atomic E-state index is 12.5. The Morgan fingerprint density at radius 2 is 1.66 bits per heavy atom. The van der Waals surface area contributed by atoms with Crippen LogP contribution in [0.3, 0.4) is 0 Å². The summed E-state index contributed by atoms with van der Waals surface area (Å²) in [6, 6.07) is 8.27. The van der Waals surface area contributed by atoms with Crippen molar-refractivity contribution in [1.29, 1.82) is 0 Å². The quantitative estimate of drug-likeness (QED) is 0.611. The van der Waals surface area contributed by atoms with Crippen LogP contribution in [0, 0.1) is 13.8 Å². The topological polar surface area (TPSA) is 75.6 Å². The predicted octanol–water partition coefficient (Wildman–Crippen LogP) is 3.88. The lowest BCUT2D eigenvalue weighted by Crippen LogP contribution is -2.49. The molecule has 0 bridgehead atoms. The first-order valence-electron chi connectivity index (χ1n) is 11.4. The number of carbonyl (C=O) groups is 2. The normalized spacial score (nSPS) is 14.1. The Morgan fingerprint density at radius 1 is 1.00 bits per heavy atom. The molecule has 0 radical (unpaired) electrons. The Hall–Kier alpha value is -2.96. The van der Waals surface area contributed by atoms with Crippen molar-refractivity contribution < 1.29 is 14.3 Å². The molecule has 2 heterocycles. The highest BCUT2D eigenvalue weighted by molar-refractivity contribution is 5.81. The molecule has 0 atom stereocenters. The summed E-state index contributed by atoms with van der Waals surface area (Å²) < 4.78 is 4.92. The molecule has 7 nitrogen and oxygen atoms in total. The first-order valence-corrected chi connectivity index (χ1v) is 11.4. The van der Waals surface area contributed by atoms with E-state index in [2.05, 4.69) is 49.9 Å². The number of benzene rings is 1. The molecule has 32 heavy (non-hydrogen) atoms. The molecular formula is C25H34N4O3. The van der Waals surface area contributed by atoms with Crippen LogP contribution in [0.25, 0.3) is 11.4 Å². The highest BCUT2D eigenvalue weighted by Crippen LogP contribution is 2.31. The van der Waals surface area contributed by atoms with Crippen LogP contribution in [0.4, 0.5) is 5.82 Å². The third-order valence-electron chi connectivity index (χ3n) is 5.78. The molecule has 1 aliphatic rings. The van der Waals surface area contributed by atoms with E-state index in [4.69, 9.17) is 14.7 Å². The van der Waals surface area contributed by atoms with Gasteiger partial charge in [0.2, 0.25) is 5.91 Å². The van der Waals surface area contributed by atoms with Crippen molar-refractivity contribution in [2.75, 3.05) is 37.7 Å². The van der Waals surface area contributed by atoms with E-state index in [1.165, 1.54) is 5.56 Å². The van der Waals surface area contributed by atoms with E-state index in [-0.39, 0.29) is 24.7 Å². The molecule has 0 aliphatic carbocycles. The Balaban J connectivity index is 1.75. The van der Waals surface area contributed by atoms with Gasteiger partial charge in [-0.1, -0.05) is 43.7 Å². The molecule has 7 heteroatoms. The fraction of sp³-hybridized carbons (Fsp3) is 0.520. The summed E-state index contributed by atoms with van der Waals surface area (Å²) in [5.74, 6) is 1.67. The summed E-state index contributed by atoms with van der Waals surface area (Å²) in [4.78, 5) is 37.9. The summed E-state index contributed by atoms with van der Waals surface area (Å²) in [5, 5.41) is 0. The highest BCUT2D eigenvalue weighted by atomic mass is 16.5. The lowest BCUT2D eigenvalue weighted by Gasteiger charge is -2.37. The number of ether oxygens (including phenoxy) is 1. The molecule has 1 aromatic heterocycles. The lowest BCUT2D eigenvalue weighted by molar-refractivity contribution is -0.145. The number of aryl methyl sites for hydroxylation is 2. The van der Waals surface area contributed by atoms with Gasteiger partial charge in [0.15, 0.2) is 5.82 Å². The number of rotatable bonds is 7. The van der Waals surface area contributed by atoms with Crippen LogP contribution in [0.2, 0.25) is 0 Å². The zero-order valence-corrected chi connectivity index (χ0v) is 19.9. The largest absolute Gasteiger partial charge is 0.466 e. The first-order chi connectivity index (χ1) is 15.3. The number of hydrogen-bond donors (Lipinski definition) is 0. The van der Waals surface area contributed by atoms with Crippen molar-refractivity contribution in [3.8, 4) is 11.4 Å². The van der Waals surface area contributed by atoms with Crippen LogP contribution in [0.5, 0.6) is 0 Å². The number of anilines is 1. The van der Waals surface area contributed by atoms with Gasteiger partial charge in [-0.3, -0.25) is 9.59 Å². The van der Waals surface area contributed by atoms with Gasteiger partial charge in [0.05, 0.1) is 13.0 Å². The van der Waals surface area contributed by atoms with Gasteiger partial charge in [-0.05, 0) is 26.7 Å². The van der Waals surface area contributed by atoms with Gasteiger partial charge < -0.3 is 14.5 Å². The minimum absolute atomic E-state index is 0.000925. The van der Waals surface area contributed by atoms with E-state index in [9.17, 15) is 9.59 Å². The van der Waals surface area contributed by atoms with E-state index < -0.39 is 0 Å². The number of hydrogen-bond acceptors (Lipinski definition) is 6. The monoisotopic (exact) mass is 438 g/mol. The number of nitrogens with zero attached hydrogens (tertiary/aromatic N) is 4. The predicted molar refractivity (Wildman–Crippen MR) is 126 cm³/mol. The number of amides is 1. The lowest BCUT2D eigenvalue weighted by atomic mass is 10.0. The molecule has 1 saturated heterocycles. The summed E-state index contributed by atoms with van der Waals surface area (Å²) in [6.45, 7) is 13.2. The van der Waals surface area contributed by atoms with Gasteiger partial charge in [0.1, 0.15) is 5.82 Å². The molecule has 172 valence electrons. The summed E-state index contributed by atoms with van der Waals surface area (Å²) in [6.07, 6.45) is 0.329. The minimum atomic E-state index is -0.318. The molecule has 0 spiro atoms. The van der Waals surface area contributed by atoms with Crippen LogP contribution in [-0.4, -0.2) is 59.5 Å². The molecule has 0 saturated carbocycles. The summed E-state index contributed by atoms with van der Waals surface area (Å²) in [5.41, 5.74) is 4.35. The maximum Gasteiger partial charge on any atom is 0.306 e. The van der Waals surface area contributed by atoms with Gasteiger partial charge in [0, 0.05) is 49.4 Å². The second kappa shape index (κ2) is 10.6. The molecule has 1 amide bonds. The maximum absolute atomic E-state index is 12.5. The highest BCUT2D eigenvalue weighted by Gasteiger charge is 2.26. The van der Waals surface area contributed by atoms with E-state index in [0.717, 1.165) is 28.5 Å². The van der Waals surface area contributed by atoms with Crippen molar-refractivity contribution in [1.82, 2.24) is 14.9 Å². The van der Waals surface area contributed by atoms with Crippen molar-refractivity contribution in [3.63, 3.8) is 0 Å². The Bertz CT molecular complexity index is 948. The molecule has 0 N–H and O–H groups in total. The van der Waals surface area contributed by atoms with Crippen molar-refractivity contribution >= 4 is 17.7 Å².